The molecule has 2 saturated carbocycles. The molecule has 192 valence electrons. The third-order valence-electron chi connectivity index (χ3n) is 8.74. The highest BCUT2D eigenvalue weighted by Crippen LogP contribution is 2.41. The van der Waals surface area contributed by atoms with Gasteiger partial charge in [0.25, 0.3) is 0 Å². The molecule has 0 nitrogen and oxygen atoms in total. The SMILES string of the molecule is CCCC1CCC(c2ccc(/C=C/C3CCC(C4=CC=C(CC)C(F)C4F)CC3)c(F)c2F)CC1. The summed E-state index contributed by atoms with van der Waals surface area (Å²) < 4.78 is 58.8. The minimum atomic E-state index is -1.54. The van der Waals surface area contributed by atoms with Crippen molar-refractivity contribution in [3.8, 4) is 0 Å². The van der Waals surface area contributed by atoms with Gasteiger partial charge in [0.1, 0.15) is 0 Å². The smallest absolute Gasteiger partial charge is 0.166 e. The predicted molar refractivity (Wildman–Crippen MR) is 137 cm³/mol. The van der Waals surface area contributed by atoms with Crippen LogP contribution in [-0.4, -0.2) is 12.3 Å². The Morgan fingerprint density at radius 3 is 2.14 bits per heavy atom. The summed E-state index contributed by atoms with van der Waals surface area (Å²) in [4.78, 5) is 0. The topological polar surface area (TPSA) is 0 Å². The third-order valence-corrected chi connectivity index (χ3v) is 8.74. The van der Waals surface area contributed by atoms with Gasteiger partial charge in [-0.3, -0.25) is 0 Å². The molecule has 4 rings (SSSR count). The Hall–Kier alpha value is -1.84. The quantitative estimate of drug-likeness (QED) is 0.335. The van der Waals surface area contributed by atoms with E-state index in [1.807, 2.05) is 13.0 Å². The summed E-state index contributed by atoms with van der Waals surface area (Å²) in [5.74, 6) is -0.283. The van der Waals surface area contributed by atoms with Gasteiger partial charge >= 0.3 is 0 Å². The molecule has 0 saturated heterocycles. The summed E-state index contributed by atoms with van der Waals surface area (Å²) in [7, 11) is 0. The number of alkyl halides is 2. The molecule has 2 unspecified atom stereocenters. The first-order chi connectivity index (χ1) is 16.9. The van der Waals surface area contributed by atoms with Gasteiger partial charge in [0.15, 0.2) is 24.0 Å². The first kappa shape index (κ1) is 26.2. The van der Waals surface area contributed by atoms with Gasteiger partial charge in [-0.2, -0.15) is 0 Å². The number of halogens is 4. The Labute approximate surface area is 208 Å². The fourth-order valence-electron chi connectivity index (χ4n) is 6.50. The zero-order chi connectivity index (χ0) is 24.9. The lowest BCUT2D eigenvalue weighted by Crippen LogP contribution is -2.30. The molecular weight excluding hydrogens is 448 g/mol. The van der Waals surface area contributed by atoms with E-state index in [-0.39, 0.29) is 17.8 Å². The highest BCUT2D eigenvalue weighted by molar-refractivity contribution is 5.52. The number of allylic oxidation sites excluding steroid dienone is 5. The van der Waals surface area contributed by atoms with Crippen LogP contribution in [0.5, 0.6) is 0 Å². The number of benzene rings is 1. The van der Waals surface area contributed by atoms with Crippen molar-refractivity contribution in [2.45, 2.75) is 103 Å². The van der Waals surface area contributed by atoms with Crippen molar-refractivity contribution in [3.63, 3.8) is 0 Å². The van der Waals surface area contributed by atoms with Crippen LogP contribution >= 0.6 is 0 Å². The van der Waals surface area contributed by atoms with E-state index in [0.29, 0.717) is 28.7 Å². The average molecular weight is 489 g/mol. The molecule has 1 aromatic rings. The molecule has 0 spiro atoms. The molecule has 0 N–H and O–H groups in total. The van der Waals surface area contributed by atoms with Gasteiger partial charge in [-0.05, 0) is 98.2 Å². The summed E-state index contributed by atoms with van der Waals surface area (Å²) >= 11 is 0. The van der Waals surface area contributed by atoms with Crippen LogP contribution in [0.4, 0.5) is 17.6 Å². The average Bonchev–Trinajstić information content (AvgIpc) is 2.88. The Bertz CT molecular complexity index is 943. The van der Waals surface area contributed by atoms with Crippen molar-refractivity contribution < 1.29 is 17.6 Å². The van der Waals surface area contributed by atoms with E-state index in [4.69, 9.17) is 0 Å². The summed E-state index contributed by atoms with van der Waals surface area (Å²) in [5, 5.41) is 0. The zero-order valence-electron chi connectivity index (χ0n) is 21.2. The standard InChI is InChI=1S/C31H40F4/c1-3-5-20-6-11-23(12-7-20)27-19-17-25(29(33)31(27)35)15-10-21-8-13-24(14-9-21)26-18-16-22(4-2)28(32)30(26)34/h10,15-21,23-24,28,30H,3-9,11-14H2,1-2H3/b15-10+. The van der Waals surface area contributed by atoms with Crippen LogP contribution < -0.4 is 0 Å². The van der Waals surface area contributed by atoms with E-state index in [2.05, 4.69) is 6.92 Å². The molecule has 4 heteroatoms. The maximum atomic E-state index is 15.0. The molecule has 2 fully saturated rings. The fourth-order valence-corrected chi connectivity index (χ4v) is 6.50. The van der Waals surface area contributed by atoms with Gasteiger partial charge in [0, 0.05) is 5.56 Å². The molecule has 3 aliphatic rings. The molecule has 1 aromatic carbocycles. The Balaban J connectivity index is 1.34. The van der Waals surface area contributed by atoms with Crippen LogP contribution in [0.15, 0.2) is 41.5 Å². The lowest BCUT2D eigenvalue weighted by Gasteiger charge is -2.33. The largest absolute Gasteiger partial charge is 0.239 e. The van der Waals surface area contributed by atoms with Gasteiger partial charge in [-0.25, -0.2) is 17.6 Å². The zero-order valence-corrected chi connectivity index (χ0v) is 21.2. The minimum Gasteiger partial charge on any atom is -0.239 e. The third kappa shape index (κ3) is 5.94. The lowest BCUT2D eigenvalue weighted by atomic mass is 9.74. The van der Waals surface area contributed by atoms with Crippen LogP contribution in [-0.2, 0) is 0 Å². The molecule has 35 heavy (non-hydrogen) atoms. The normalized spacial score (nSPS) is 31.9. The highest BCUT2D eigenvalue weighted by atomic mass is 19.2. The molecule has 3 aliphatic carbocycles. The van der Waals surface area contributed by atoms with E-state index in [1.54, 1.807) is 30.4 Å². The first-order valence-electron chi connectivity index (χ1n) is 13.8. The van der Waals surface area contributed by atoms with Gasteiger partial charge in [-0.1, -0.05) is 63.1 Å². The Kier molecular flexibility index (Phi) is 8.94. The molecule has 0 aromatic heterocycles. The van der Waals surface area contributed by atoms with E-state index < -0.39 is 24.0 Å². The van der Waals surface area contributed by atoms with E-state index >= 15 is 0 Å². The molecular formula is C31H40F4. The predicted octanol–water partition coefficient (Wildman–Crippen LogP) is 9.81. The Morgan fingerprint density at radius 2 is 1.49 bits per heavy atom. The summed E-state index contributed by atoms with van der Waals surface area (Å²) in [5.41, 5.74) is 1.94. The van der Waals surface area contributed by atoms with Gasteiger partial charge in [-0.15, -0.1) is 0 Å². The van der Waals surface area contributed by atoms with Crippen LogP contribution in [0.3, 0.4) is 0 Å². The molecule has 2 atom stereocenters. The van der Waals surface area contributed by atoms with E-state index in [9.17, 15) is 17.6 Å². The second kappa shape index (κ2) is 11.9. The summed E-state index contributed by atoms with van der Waals surface area (Å²) in [6.07, 6.45) is 14.5. The van der Waals surface area contributed by atoms with E-state index in [0.717, 1.165) is 57.3 Å². The summed E-state index contributed by atoms with van der Waals surface area (Å²) in [6.45, 7) is 4.05. The van der Waals surface area contributed by atoms with Crippen molar-refractivity contribution in [2.75, 3.05) is 0 Å². The van der Waals surface area contributed by atoms with Crippen molar-refractivity contribution in [2.24, 2.45) is 17.8 Å². The van der Waals surface area contributed by atoms with E-state index in [1.165, 1.54) is 12.8 Å². The molecule has 0 aliphatic heterocycles. The summed E-state index contributed by atoms with van der Waals surface area (Å²) in [6, 6.07) is 3.50. The Morgan fingerprint density at radius 1 is 0.800 bits per heavy atom. The fraction of sp³-hybridized carbons (Fsp3) is 0.613. The maximum Gasteiger partial charge on any atom is 0.166 e. The van der Waals surface area contributed by atoms with Crippen molar-refractivity contribution in [1.29, 1.82) is 0 Å². The molecule has 0 amide bonds. The van der Waals surface area contributed by atoms with Crippen LogP contribution in [0.25, 0.3) is 6.08 Å². The second-order valence-corrected chi connectivity index (χ2v) is 10.9. The first-order valence-corrected chi connectivity index (χ1v) is 13.8. The lowest BCUT2D eigenvalue weighted by molar-refractivity contribution is 0.195. The van der Waals surface area contributed by atoms with Gasteiger partial charge < -0.3 is 0 Å². The van der Waals surface area contributed by atoms with Crippen LogP contribution in [0, 0.1) is 29.4 Å². The van der Waals surface area contributed by atoms with Crippen molar-refractivity contribution in [3.05, 3.63) is 64.3 Å². The van der Waals surface area contributed by atoms with Crippen LogP contribution in [0.1, 0.15) is 102 Å². The monoisotopic (exact) mass is 488 g/mol. The number of rotatable bonds is 7. The molecule has 0 heterocycles. The van der Waals surface area contributed by atoms with Crippen LogP contribution in [0.2, 0.25) is 0 Å². The van der Waals surface area contributed by atoms with Crippen molar-refractivity contribution >= 4 is 6.08 Å². The van der Waals surface area contributed by atoms with Gasteiger partial charge in [0.05, 0.1) is 0 Å². The number of hydrogen-bond donors (Lipinski definition) is 0. The number of hydrogen-bond acceptors (Lipinski definition) is 0. The van der Waals surface area contributed by atoms with Crippen molar-refractivity contribution in [1.82, 2.24) is 0 Å². The highest BCUT2D eigenvalue weighted by Gasteiger charge is 2.35. The second-order valence-electron chi connectivity index (χ2n) is 10.9. The minimum absolute atomic E-state index is 0.0587. The molecule has 0 radical (unpaired) electrons. The molecule has 0 bridgehead atoms. The maximum absolute atomic E-state index is 15.0. The van der Waals surface area contributed by atoms with Gasteiger partial charge in [0.2, 0.25) is 0 Å².